The summed E-state index contributed by atoms with van der Waals surface area (Å²) in [5, 5.41) is 6.75. The monoisotopic (exact) mass is 401 g/mol. The number of hydrogen-bond acceptors (Lipinski definition) is 4. The predicted molar refractivity (Wildman–Crippen MR) is 94.1 cm³/mol. The third kappa shape index (κ3) is 4.48. The third-order valence-electron chi connectivity index (χ3n) is 2.86. The molecular weight excluding hydrogens is 385 g/mol. The number of nitrogens with zero attached hydrogens (tertiary/aromatic N) is 2. The average molecular weight is 402 g/mol. The van der Waals surface area contributed by atoms with Crippen LogP contribution in [-0.4, -0.2) is 20.9 Å². The Morgan fingerprint density at radius 3 is 2.43 bits per heavy atom. The Balaban J connectivity index is 2.17. The van der Waals surface area contributed by atoms with Gasteiger partial charge in [0.15, 0.2) is 12.3 Å². The van der Waals surface area contributed by atoms with E-state index in [0.29, 0.717) is 16.0 Å². The molecule has 1 heterocycles. The first-order valence-corrected chi connectivity index (χ1v) is 8.32. The van der Waals surface area contributed by atoms with Gasteiger partial charge >= 0.3 is 6.09 Å². The number of aryl methyl sites for hydroxylation is 1. The summed E-state index contributed by atoms with van der Waals surface area (Å²) in [4.78, 5) is 11.7. The molecule has 124 valence electrons. The van der Waals surface area contributed by atoms with Crippen LogP contribution in [-0.2, 0) is 4.74 Å². The molecule has 23 heavy (non-hydrogen) atoms. The first-order valence-electron chi connectivity index (χ1n) is 6.86. The maximum atomic E-state index is 12.8. The predicted octanol–water partition coefficient (Wildman–Crippen LogP) is 5.35. The lowest BCUT2D eigenvalue weighted by Gasteiger charge is -2.19. The highest BCUT2D eigenvalue weighted by Crippen LogP contribution is 2.34. The summed E-state index contributed by atoms with van der Waals surface area (Å²) < 4.78 is 19.7. The molecule has 0 aliphatic carbocycles. The van der Waals surface area contributed by atoms with Crippen molar-refractivity contribution in [3.05, 3.63) is 34.6 Å². The molecule has 1 aromatic heterocycles. The van der Waals surface area contributed by atoms with Crippen LogP contribution in [0, 0.1) is 6.92 Å². The van der Waals surface area contributed by atoms with Crippen LogP contribution < -0.4 is 5.32 Å². The van der Waals surface area contributed by atoms with E-state index in [1.165, 1.54) is 0 Å². The van der Waals surface area contributed by atoms with Crippen molar-refractivity contribution >= 4 is 40.0 Å². The van der Waals surface area contributed by atoms with E-state index in [4.69, 9.17) is 4.74 Å². The molecule has 0 aliphatic rings. The third-order valence-corrected chi connectivity index (χ3v) is 4.22. The molecule has 0 bridgehead atoms. The van der Waals surface area contributed by atoms with Crippen molar-refractivity contribution in [2.24, 2.45) is 0 Å². The van der Waals surface area contributed by atoms with Crippen LogP contribution in [0.2, 0.25) is 0 Å². The van der Waals surface area contributed by atoms with Gasteiger partial charge in [-0.2, -0.15) is 9.19 Å². The van der Waals surface area contributed by atoms with E-state index < -0.39 is 11.7 Å². The van der Waals surface area contributed by atoms with E-state index in [1.54, 1.807) is 39.8 Å². The molecule has 1 N–H and O–H groups in total. The number of carbonyl (C=O) groups excluding carboxylic acids is 1. The fourth-order valence-electron chi connectivity index (χ4n) is 1.99. The number of carbonyl (C=O) groups is 1. The van der Waals surface area contributed by atoms with Gasteiger partial charge in [-0.3, -0.25) is 5.32 Å². The van der Waals surface area contributed by atoms with E-state index in [-0.39, 0.29) is 12.3 Å². The van der Waals surface area contributed by atoms with E-state index in [1.807, 2.05) is 12.1 Å². The summed E-state index contributed by atoms with van der Waals surface area (Å²) in [7, 11) is 0. The lowest BCUT2D eigenvalue weighted by molar-refractivity contribution is 0.0636. The largest absolute Gasteiger partial charge is 0.444 e. The summed E-state index contributed by atoms with van der Waals surface area (Å²) >= 11 is 3.37. The fourth-order valence-corrected chi connectivity index (χ4v) is 3.05. The standard InChI is InChI=1S/C15H17BrFN3O2S/c1-9-12(13(16)20(19-9)23-17)10-5-7-11(8-6-10)18-14(21)22-15(2,3)4/h5-8H,1-4H3,(H,18,21). The second-order valence-corrected chi connectivity index (χ2v) is 7.13. The molecule has 5 nitrogen and oxygen atoms in total. The van der Waals surface area contributed by atoms with Crippen LogP contribution in [0.5, 0.6) is 0 Å². The molecule has 8 heteroatoms. The van der Waals surface area contributed by atoms with Crippen molar-refractivity contribution in [2.45, 2.75) is 33.3 Å². The quantitative estimate of drug-likeness (QED) is 0.752. The number of anilines is 1. The van der Waals surface area contributed by atoms with Gasteiger partial charge in [0, 0.05) is 11.3 Å². The number of ether oxygens (including phenoxy) is 1. The van der Waals surface area contributed by atoms with Gasteiger partial charge in [-0.1, -0.05) is 12.1 Å². The number of nitrogens with one attached hydrogen (secondary N) is 1. The van der Waals surface area contributed by atoms with Gasteiger partial charge in [0.25, 0.3) is 0 Å². The Labute approximate surface area is 147 Å². The fraction of sp³-hybridized carbons (Fsp3) is 0.333. The Morgan fingerprint density at radius 2 is 1.96 bits per heavy atom. The number of benzene rings is 1. The van der Waals surface area contributed by atoms with Crippen molar-refractivity contribution in [3.8, 4) is 11.1 Å². The van der Waals surface area contributed by atoms with Crippen LogP contribution in [0.4, 0.5) is 14.4 Å². The first-order chi connectivity index (χ1) is 10.7. The maximum absolute atomic E-state index is 12.8. The van der Waals surface area contributed by atoms with Crippen LogP contribution in [0.15, 0.2) is 28.9 Å². The zero-order valence-corrected chi connectivity index (χ0v) is 15.6. The minimum atomic E-state index is -0.551. The van der Waals surface area contributed by atoms with Crippen molar-refractivity contribution in [2.75, 3.05) is 5.32 Å². The summed E-state index contributed by atoms with van der Waals surface area (Å²) in [5.41, 5.74) is 2.44. The smallest absolute Gasteiger partial charge is 0.412 e. The summed E-state index contributed by atoms with van der Waals surface area (Å²) in [5.74, 6) is 0. The first kappa shape index (κ1) is 17.8. The number of hydrogen-bond donors (Lipinski definition) is 1. The summed E-state index contributed by atoms with van der Waals surface area (Å²) in [6.07, 6.45) is -0.510. The molecule has 0 aliphatic heterocycles. The second-order valence-electron chi connectivity index (χ2n) is 5.90. The molecule has 2 rings (SSSR count). The molecule has 1 amide bonds. The van der Waals surface area contributed by atoms with Crippen LogP contribution in [0.1, 0.15) is 26.5 Å². The minimum Gasteiger partial charge on any atom is -0.444 e. The number of amides is 1. The summed E-state index contributed by atoms with van der Waals surface area (Å²) in [6.45, 7) is 7.21. The van der Waals surface area contributed by atoms with Crippen molar-refractivity contribution in [1.82, 2.24) is 9.19 Å². The molecule has 1 aromatic carbocycles. The lowest BCUT2D eigenvalue weighted by Crippen LogP contribution is -2.27. The van der Waals surface area contributed by atoms with Gasteiger partial charge in [-0.15, -0.1) is 3.89 Å². The molecule has 0 radical (unpaired) electrons. The Morgan fingerprint density at radius 1 is 1.35 bits per heavy atom. The highest BCUT2D eigenvalue weighted by atomic mass is 79.9. The highest BCUT2D eigenvalue weighted by Gasteiger charge is 2.17. The van der Waals surface area contributed by atoms with Crippen LogP contribution >= 0.6 is 28.3 Å². The van der Waals surface area contributed by atoms with Gasteiger partial charge < -0.3 is 4.74 Å². The van der Waals surface area contributed by atoms with Crippen molar-refractivity contribution in [1.29, 1.82) is 0 Å². The molecule has 2 aromatic rings. The summed E-state index contributed by atoms with van der Waals surface area (Å²) in [6, 6.07) is 7.17. The van der Waals surface area contributed by atoms with Crippen molar-refractivity contribution < 1.29 is 13.4 Å². The van der Waals surface area contributed by atoms with E-state index in [2.05, 4.69) is 26.3 Å². The van der Waals surface area contributed by atoms with E-state index >= 15 is 0 Å². The molecule has 0 saturated carbocycles. The number of rotatable bonds is 3. The van der Waals surface area contributed by atoms with Crippen LogP contribution in [0.3, 0.4) is 0 Å². The van der Waals surface area contributed by atoms with E-state index in [0.717, 1.165) is 15.2 Å². The highest BCUT2D eigenvalue weighted by molar-refractivity contribution is 9.10. The van der Waals surface area contributed by atoms with Gasteiger partial charge in [-0.25, -0.2) is 4.79 Å². The van der Waals surface area contributed by atoms with E-state index in [9.17, 15) is 8.68 Å². The van der Waals surface area contributed by atoms with Crippen molar-refractivity contribution in [3.63, 3.8) is 0 Å². The average Bonchev–Trinajstić information content (AvgIpc) is 2.72. The molecule has 0 fully saturated rings. The van der Waals surface area contributed by atoms with Crippen LogP contribution in [0.25, 0.3) is 11.1 Å². The zero-order valence-electron chi connectivity index (χ0n) is 13.2. The second kappa shape index (κ2) is 6.92. The lowest BCUT2D eigenvalue weighted by atomic mass is 10.1. The molecule has 0 atom stereocenters. The number of aromatic nitrogens is 2. The van der Waals surface area contributed by atoms with Gasteiger partial charge in [-0.05, 0) is 61.3 Å². The normalized spacial score (nSPS) is 11.4. The molecular formula is C15H17BrFN3O2S. The Hall–Kier alpha value is -1.54. The zero-order chi connectivity index (χ0) is 17.2. The van der Waals surface area contributed by atoms with Gasteiger partial charge in [0.1, 0.15) is 10.2 Å². The topological polar surface area (TPSA) is 56.2 Å². The SMILES string of the molecule is Cc1nn(SF)c(Br)c1-c1ccc(NC(=O)OC(C)(C)C)cc1. The number of halogens is 2. The molecule has 0 saturated heterocycles. The molecule has 0 unspecified atom stereocenters. The molecule has 0 spiro atoms. The minimum absolute atomic E-state index is 0.0270. The Bertz CT molecular complexity index is 711. The maximum Gasteiger partial charge on any atom is 0.412 e. The Kier molecular flexibility index (Phi) is 5.36. The van der Waals surface area contributed by atoms with Gasteiger partial charge in [0.2, 0.25) is 0 Å². The van der Waals surface area contributed by atoms with Gasteiger partial charge in [0.05, 0.1) is 5.69 Å².